The van der Waals surface area contributed by atoms with Gasteiger partial charge in [-0.3, -0.25) is 4.79 Å². The molecule has 1 aromatic heterocycles. The Kier molecular flexibility index (Phi) is 3.67. The van der Waals surface area contributed by atoms with Crippen LogP contribution in [-0.2, 0) is 7.05 Å². The molecule has 0 spiro atoms. The summed E-state index contributed by atoms with van der Waals surface area (Å²) in [5.41, 5.74) is 1.07. The molecule has 2 rings (SSSR count). The monoisotopic (exact) mass is 203 g/mol. The van der Waals surface area contributed by atoms with Gasteiger partial charge in [-0.25, -0.2) is 0 Å². The van der Waals surface area contributed by atoms with E-state index in [-0.39, 0.29) is 5.56 Å². The number of benzene rings is 1. The Balaban J connectivity index is 0.000000531. The molecule has 1 aromatic carbocycles. The van der Waals surface area contributed by atoms with Gasteiger partial charge in [-0.15, -0.1) is 0 Å². The summed E-state index contributed by atoms with van der Waals surface area (Å²) in [5.74, 6) is 0. The lowest BCUT2D eigenvalue weighted by molar-refractivity contribution is 0.830. The first-order valence-electron chi connectivity index (χ1n) is 5.25. The van der Waals surface area contributed by atoms with Gasteiger partial charge in [-0.2, -0.15) is 0 Å². The maximum absolute atomic E-state index is 11.7. The maximum atomic E-state index is 11.7. The van der Waals surface area contributed by atoms with Gasteiger partial charge < -0.3 is 4.57 Å². The lowest BCUT2D eigenvalue weighted by Crippen LogP contribution is -2.18. The van der Waals surface area contributed by atoms with E-state index in [1.807, 2.05) is 51.1 Å². The van der Waals surface area contributed by atoms with Crippen LogP contribution in [0, 0.1) is 6.92 Å². The Bertz CT molecular complexity index is 511. The van der Waals surface area contributed by atoms with Crippen molar-refractivity contribution in [2.45, 2.75) is 20.8 Å². The molecule has 0 N–H and O–H groups in total. The van der Waals surface area contributed by atoms with E-state index in [0.29, 0.717) is 0 Å². The number of hydrogen-bond donors (Lipinski definition) is 0. The highest BCUT2D eigenvalue weighted by atomic mass is 16.1. The molecule has 0 aliphatic heterocycles. The Morgan fingerprint density at radius 3 is 2.40 bits per heavy atom. The van der Waals surface area contributed by atoms with Crippen molar-refractivity contribution in [3.63, 3.8) is 0 Å². The van der Waals surface area contributed by atoms with Crippen LogP contribution >= 0.6 is 0 Å². The van der Waals surface area contributed by atoms with Gasteiger partial charge in [-0.05, 0) is 24.4 Å². The van der Waals surface area contributed by atoms with Gasteiger partial charge in [0.25, 0.3) is 5.56 Å². The number of rotatable bonds is 0. The van der Waals surface area contributed by atoms with Gasteiger partial charge in [0.05, 0.1) is 0 Å². The van der Waals surface area contributed by atoms with E-state index in [1.54, 1.807) is 11.6 Å². The van der Waals surface area contributed by atoms with Crippen molar-refractivity contribution in [3.05, 3.63) is 46.4 Å². The first-order valence-corrected chi connectivity index (χ1v) is 5.25. The largest absolute Gasteiger partial charge is 0.315 e. The van der Waals surface area contributed by atoms with E-state index in [0.717, 1.165) is 16.5 Å². The van der Waals surface area contributed by atoms with Crippen LogP contribution in [0.25, 0.3) is 10.8 Å². The van der Waals surface area contributed by atoms with Crippen LogP contribution in [0.1, 0.15) is 19.5 Å². The molecule has 0 unspecified atom stereocenters. The molecule has 2 heteroatoms. The molecule has 0 amide bonds. The molecular weight excluding hydrogens is 186 g/mol. The topological polar surface area (TPSA) is 22.0 Å². The predicted octanol–water partition coefficient (Wildman–Crippen LogP) is 2.87. The molecule has 1 heterocycles. The number of pyridine rings is 1. The van der Waals surface area contributed by atoms with E-state index >= 15 is 0 Å². The maximum Gasteiger partial charge on any atom is 0.258 e. The molecule has 0 radical (unpaired) electrons. The van der Waals surface area contributed by atoms with Crippen molar-refractivity contribution in [2.75, 3.05) is 0 Å². The average molecular weight is 203 g/mol. The van der Waals surface area contributed by atoms with Crippen molar-refractivity contribution < 1.29 is 0 Å². The minimum Gasteiger partial charge on any atom is -0.315 e. The molecule has 0 fully saturated rings. The van der Waals surface area contributed by atoms with Crippen molar-refractivity contribution in [1.82, 2.24) is 4.57 Å². The summed E-state index contributed by atoms with van der Waals surface area (Å²) < 4.78 is 1.67. The first-order chi connectivity index (χ1) is 7.20. The highest BCUT2D eigenvalue weighted by Gasteiger charge is 2.01. The molecule has 15 heavy (non-hydrogen) atoms. The summed E-state index contributed by atoms with van der Waals surface area (Å²) in [6.45, 7) is 5.94. The normalized spacial score (nSPS) is 9.60. The number of nitrogens with zero attached hydrogens (tertiary/aromatic N) is 1. The fourth-order valence-corrected chi connectivity index (χ4v) is 1.48. The van der Waals surface area contributed by atoms with E-state index in [9.17, 15) is 4.79 Å². The molecule has 80 valence electrons. The van der Waals surface area contributed by atoms with E-state index in [4.69, 9.17) is 0 Å². The molecule has 2 aromatic rings. The van der Waals surface area contributed by atoms with Crippen LogP contribution in [0.15, 0.2) is 35.1 Å². The third kappa shape index (κ3) is 2.09. The van der Waals surface area contributed by atoms with E-state index < -0.39 is 0 Å². The summed E-state index contributed by atoms with van der Waals surface area (Å²) in [4.78, 5) is 11.7. The Labute approximate surface area is 90.2 Å². The molecule has 0 saturated carbocycles. The Morgan fingerprint density at radius 1 is 1.13 bits per heavy atom. The fourth-order valence-electron chi connectivity index (χ4n) is 1.48. The highest BCUT2D eigenvalue weighted by Crippen LogP contribution is 2.09. The van der Waals surface area contributed by atoms with Crippen molar-refractivity contribution in [3.8, 4) is 0 Å². The van der Waals surface area contributed by atoms with Crippen molar-refractivity contribution >= 4 is 10.8 Å². The number of fused-ring (bicyclic) bond motifs is 1. The van der Waals surface area contributed by atoms with Gasteiger partial charge in [-0.1, -0.05) is 32.0 Å². The minimum absolute atomic E-state index is 0.0793. The average Bonchev–Trinajstić information content (AvgIpc) is 2.29. The summed E-state index contributed by atoms with van der Waals surface area (Å²) in [6, 6.07) is 9.68. The zero-order valence-corrected chi connectivity index (χ0v) is 9.74. The smallest absolute Gasteiger partial charge is 0.258 e. The second-order valence-electron chi connectivity index (χ2n) is 3.24. The van der Waals surface area contributed by atoms with Gasteiger partial charge in [0.2, 0.25) is 0 Å². The number of hydrogen-bond acceptors (Lipinski definition) is 1. The van der Waals surface area contributed by atoms with Crippen molar-refractivity contribution in [1.29, 1.82) is 0 Å². The van der Waals surface area contributed by atoms with Crippen LogP contribution in [-0.4, -0.2) is 4.57 Å². The number of aromatic nitrogens is 1. The molecule has 0 saturated heterocycles. The second-order valence-corrected chi connectivity index (χ2v) is 3.24. The van der Waals surface area contributed by atoms with Crippen LogP contribution in [0.3, 0.4) is 0 Å². The molecule has 0 aliphatic carbocycles. The standard InChI is InChI=1S/C11H11NO.C2H6/c1-8-7-9-5-3-4-6-10(9)11(13)12(8)2;1-2/h3-7H,1-2H3;1-2H3. The van der Waals surface area contributed by atoms with Crippen LogP contribution in [0.2, 0.25) is 0 Å². The Morgan fingerprint density at radius 2 is 1.73 bits per heavy atom. The van der Waals surface area contributed by atoms with Gasteiger partial charge in [0.1, 0.15) is 0 Å². The molecule has 0 atom stereocenters. The second kappa shape index (κ2) is 4.78. The minimum atomic E-state index is 0.0793. The lowest BCUT2D eigenvalue weighted by atomic mass is 10.1. The first kappa shape index (κ1) is 11.5. The Hall–Kier alpha value is -1.57. The molecule has 0 bridgehead atoms. The van der Waals surface area contributed by atoms with Crippen LogP contribution in [0.5, 0.6) is 0 Å². The van der Waals surface area contributed by atoms with Crippen LogP contribution in [0.4, 0.5) is 0 Å². The number of aryl methyl sites for hydroxylation is 1. The fraction of sp³-hybridized carbons (Fsp3) is 0.308. The molecule has 2 nitrogen and oxygen atoms in total. The van der Waals surface area contributed by atoms with Crippen LogP contribution < -0.4 is 5.56 Å². The summed E-state index contributed by atoms with van der Waals surface area (Å²) in [7, 11) is 1.80. The van der Waals surface area contributed by atoms with Crippen molar-refractivity contribution in [2.24, 2.45) is 7.05 Å². The quantitative estimate of drug-likeness (QED) is 0.645. The van der Waals surface area contributed by atoms with E-state index in [2.05, 4.69) is 0 Å². The molecular formula is C13H17NO. The van der Waals surface area contributed by atoms with Gasteiger partial charge >= 0.3 is 0 Å². The third-order valence-corrected chi connectivity index (χ3v) is 2.39. The summed E-state index contributed by atoms with van der Waals surface area (Å²) in [6.07, 6.45) is 0. The van der Waals surface area contributed by atoms with Gasteiger partial charge in [0.15, 0.2) is 0 Å². The summed E-state index contributed by atoms with van der Waals surface area (Å²) >= 11 is 0. The third-order valence-electron chi connectivity index (χ3n) is 2.39. The molecule has 0 aliphatic rings. The van der Waals surface area contributed by atoms with Gasteiger partial charge in [0, 0.05) is 18.1 Å². The zero-order chi connectivity index (χ0) is 11.4. The zero-order valence-electron chi connectivity index (χ0n) is 9.74. The highest BCUT2D eigenvalue weighted by molar-refractivity contribution is 5.81. The lowest BCUT2D eigenvalue weighted by Gasteiger charge is -2.04. The predicted molar refractivity (Wildman–Crippen MR) is 65.3 cm³/mol. The SMILES string of the molecule is CC.Cc1cc2ccccc2c(=O)n1C. The summed E-state index contributed by atoms with van der Waals surface area (Å²) in [5, 5.41) is 1.80. The van der Waals surface area contributed by atoms with E-state index in [1.165, 1.54) is 0 Å².